The van der Waals surface area contributed by atoms with Gasteiger partial charge in [0.05, 0.1) is 12.7 Å². The Kier molecular flexibility index (Phi) is 6.08. The van der Waals surface area contributed by atoms with Crippen molar-refractivity contribution in [1.29, 1.82) is 0 Å². The van der Waals surface area contributed by atoms with Gasteiger partial charge in [-0.1, -0.05) is 36.5 Å². The standard InChI is InChI=1S/C15H23N3O2S/c16-15(21)13-3-1-12(2-4-13)14(20)11-18-7-5-17(6-8-18)9-10-19/h1-4,14,19-20H,5-11H2,(H2,16,21). The largest absolute Gasteiger partial charge is 0.395 e. The number of aliphatic hydroxyl groups is 2. The van der Waals surface area contributed by atoms with Gasteiger partial charge in [-0.15, -0.1) is 0 Å². The number of β-amino-alcohol motifs (C(OH)–C–C–N with tert-alkyl or cyclic N) is 2. The van der Waals surface area contributed by atoms with Gasteiger partial charge in [0.25, 0.3) is 0 Å². The molecule has 1 saturated heterocycles. The maximum Gasteiger partial charge on any atom is 0.103 e. The molecule has 116 valence electrons. The maximum atomic E-state index is 10.3. The number of thiocarbonyl (C=S) groups is 1. The smallest absolute Gasteiger partial charge is 0.103 e. The summed E-state index contributed by atoms with van der Waals surface area (Å²) in [5, 5.41) is 19.2. The van der Waals surface area contributed by atoms with Crippen molar-refractivity contribution in [3.8, 4) is 0 Å². The Hall–Kier alpha value is -1.05. The number of hydrogen-bond acceptors (Lipinski definition) is 5. The zero-order valence-electron chi connectivity index (χ0n) is 12.1. The van der Waals surface area contributed by atoms with Crippen molar-refractivity contribution in [2.75, 3.05) is 45.9 Å². The van der Waals surface area contributed by atoms with Gasteiger partial charge >= 0.3 is 0 Å². The van der Waals surface area contributed by atoms with Crippen molar-refractivity contribution < 1.29 is 10.2 Å². The van der Waals surface area contributed by atoms with E-state index in [0.717, 1.165) is 43.9 Å². The highest BCUT2D eigenvalue weighted by atomic mass is 32.1. The van der Waals surface area contributed by atoms with Crippen LogP contribution in [0.4, 0.5) is 0 Å². The molecule has 0 aromatic heterocycles. The molecule has 5 nitrogen and oxygen atoms in total. The first kappa shape index (κ1) is 16.3. The van der Waals surface area contributed by atoms with Gasteiger partial charge in [0.2, 0.25) is 0 Å². The number of benzene rings is 1. The molecule has 1 fully saturated rings. The van der Waals surface area contributed by atoms with Crippen molar-refractivity contribution in [3.05, 3.63) is 35.4 Å². The van der Waals surface area contributed by atoms with Crippen LogP contribution < -0.4 is 5.73 Å². The highest BCUT2D eigenvalue weighted by Gasteiger charge is 2.19. The fraction of sp³-hybridized carbons (Fsp3) is 0.533. The van der Waals surface area contributed by atoms with Crippen LogP contribution in [-0.4, -0.2) is 70.9 Å². The van der Waals surface area contributed by atoms with Gasteiger partial charge in [-0.2, -0.15) is 0 Å². The predicted octanol–water partition coefficient (Wildman–Crippen LogP) is -0.0359. The zero-order valence-corrected chi connectivity index (χ0v) is 12.9. The summed E-state index contributed by atoms with van der Waals surface area (Å²) in [4.78, 5) is 4.86. The number of hydrogen-bond donors (Lipinski definition) is 3. The molecule has 1 atom stereocenters. The Morgan fingerprint density at radius 3 is 2.24 bits per heavy atom. The second-order valence-corrected chi connectivity index (χ2v) is 5.81. The lowest BCUT2D eigenvalue weighted by Crippen LogP contribution is -2.48. The van der Waals surface area contributed by atoms with E-state index in [0.29, 0.717) is 11.5 Å². The Labute approximate surface area is 131 Å². The molecule has 1 unspecified atom stereocenters. The third kappa shape index (κ3) is 4.72. The molecule has 1 heterocycles. The van der Waals surface area contributed by atoms with Crippen molar-refractivity contribution in [1.82, 2.24) is 9.80 Å². The second kappa shape index (κ2) is 7.82. The van der Waals surface area contributed by atoms with E-state index in [9.17, 15) is 5.11 Å². The molecule has 1 aromatic rings. The molecular formula is C15H23N3O2S. The molecule has 0 radical (unpaired) electrons. The molecule has 0 spiro atoms. The highest BCUT2D eigenvalue weighted by Crippen LogP contribution is 2.16. The third-order valence-electron chi connectivity index (χ3n) is 3.89. The van der Waals surface area contributed by atoms with Crippen LogP contribution in [0, 0.1) is 0 Å². The van der Waals surface area contributed by atoms with Gasteiger partial charge in [-0.05, 0) is 5.56 Å². The molecule has 4 N–H and O–H groups in total. The molecule has 2 rings (SSSR count). The minimum Gasteiger partial charge on any atom is -0.395 e. The van der Waals surface area contributed by atoms with Gasteiger partial charge in [-0.3, -0.25) is 9.80 Å². The Morgan fingerprint density at radius 2 is 1.71 bits per heavy atom. The fourth-order valence-corrected chi connectivity index (χ4v) is 2.69. The van der Waals surface area contributed by atoms with E-state index in [1.807, 2.05) is 24.3 Å². The first-order chi connectivity index (χ1) is 10.1. The van der Waals surface area contributed by atoms with E-state index in [1.54, 1.807) is 0 Å². The van der Waals surface area contributed by atoms with Crippen molar-refractivity contribution in [2.45, 2.75) is 6.10 Å². The summed E-state index contributed by atoms with van der Waals surface area (Å²) in [7, 11) is 0. The summed E-state index contributed by atoms with van der Waals surface area (Å²) in [5.74, 6) is 0. The van der Waals surface area contributed by atoms with Crippen LogP contribution in [0.15, 0.2) is 24.3 Å². The molecule has 0 bridgehead atoms. The quantitative estimate of drug-likeness (QED) is 0.641. The van der Waals surface area contributed by atoms with Crippen molar-refractivity contribution in [3.63, 3.8) is 0 Å². The lowest BCUT2D eigenvalue weighted by Gasteiger charge is -2.35. The number of piperazine rings is 1. The first-order valence-corrected chi connectivity index (χ1v) is 7.64. The minimum atomic E-state index is -0.505. The predicted molar refractivity (Wildman–Crippen MR) is 87.3 cm³/mol. The molecule has 6 heteroatoms. The van der Waals surface area contributed by atoms with Crippen LogP contribution in [0.25, 0.3) is 0 Å². The average Bonchev–Trinajstić information content (AvgIpc) is 2.49. The van der Waals surface area contributed by atoms with E-state index in [1.165, 1.54) is 0 Å². The van der Waals surface area contributed by atoms with Gasteiger partial charge < -0.3 is 15.9 Å². The van der Waals surface area contributed by atoms with E-state index >= 15 is 0 Å². The topological polar surface area (TPSA) is 73.0 Å². The Balaban J connectivity index is 1.84. The molecular weight excluding hydrogens is 286 g/mol. The van der Waals surface area contributed by atoms with Crippen LogP contribution in [0.1, 0.15) is 17.2 Å². The van der Waals surface area contributed by atoms with Crippen LogP contribution in [0.3, 0.4) is 0 Å². The van der Waals surface area contributed by atoms with Crippen LogP contribution in [0.2, 0.25) is 0 Å². The maximum absolute atomic E-state index is 10.3. The SMILES string of the molecule is NC(=S)c1ccc(C(O)CN2CCN(CCO)CC2)cc1. The lowest BCUT2D eigenvalue weighted by atomic mass is 10.1. The molecule has 0 amide bonds. The monoisotopic (exact) mass is 309 g/mol. The van der Waals surface area contributed by atoms with Gasteiger partial charge in [0, 0.05) is 44.8 Å². The first-order valence-electron chi connectivity index (χ1n) is 7.23. The molecule has 1 aromatic carbocycles. The number of aliphatic hydroxyl groups excluding tert-OH is 2. The van der Waals surface area contributed by atoms with Crippen LogP contribution in [0.5, 0.6) is 0 Å². The van der Waals surface area contributed by atoms with Crippen LogP contribution in [-0.2, 0) is 0 Å². The van der Waals surface area contributed by atoms with Crippen molar-refractivity contribution in [2.24, 2.45) is 5.73 Å². The van der Waals surface area contributed by atoms with Crippen molar-refractivity contribution >= 4 is 17.2 Å². The number of nitrogens with zero attached hydrogens (tertiary/aromatic N) is 2. The second-order valence-electron chi connectivity index (χ2n) is 5.37. The normalized spacial score (nSPS) is 18.6. The molecule has 1 aliphatic heterocycles. The Bertz CT molecular complexity index is 458. The minimum absolute atomic E-state index is 0.206. The summed E-state index contributed by atoms with van der Waals surface area (Å²) in [6.07, 6.45) is -0.505. The third-order valence-corrected chi connectivity index (χ3v) is 4.13. The van der Waals surface area contributed by atoms with Crippen LogP contribution >= 0.6 is 12.2 Å². The molecule has 0 saturated carbocycles. The summed E-state index contributed by atoms with van der Waals surface area (Å²) in [6, 6.07) is 7.45. The van der Waals surface area contributed by atoms with Gasteiger partial charge in [0.15, 0.2) is 0 Å². The highest BCUT2D eigenvalue weighted by molar-refractivity contribution is 7.80. The van der Waals surface area contributed by atoms with E-state index in [4.69, 9.17) is 23.1 Å². The summed E-state index contributed by atoms with van der Waals surface area (Å²) < 4.78 is 0. The summed E-state index contributed by atoms with van der Waals surface area (Å²) >= 11 is 4.92. The van der Waals surface area contributed by atoms with E-state index < -0.39 is 6.10 Å². The van der Waals surface area contributed by atoms with Gasteiger partial charge in [0.1, 0.15) is 4.99 Å². The molecule has 0 aliphatic carbocycles. The lowest BCUT2D eigenvalue weighted by molar-refractivity contribution is 0.0661. The average molecular weight is 309 g/mol. The van der Waals surface area contributed by atoms with E-state index in [2.05, 4.69) is 9.80 Å². The molecule has 1 aliphatic rings. The fourth-order valence-electron chi connectivity index (χ4n) is 2.56. The molecule has 21 heavy (non-hydrogen) atoms. The Morgan fingerprint density at radius 1 is 1.14 bits per heavy atom. The number of rotatable bonds is 6. The summed E-state index contributed by atoms with van der Waals surface area (Å²) in [5.41, 5.74) is 7.27. The van der Waals surface area contributed by atoms with Gasteiger partial charge in [-0.25, -0.2) is 0 Å². The number of nitrogens with two attached hydrogens (primary N) is 1. The van der Waals surface area contributed by atoms with E-state index in [-0.39, 0.29) is 6.61 Å². The zero-order chi connectivity index (χ0) is 15.2. The summed E-state index contributed by atoms with van der Waals surface area (Å²) in [6.45, 7) is 5.28.